The number of benzene rings is 1. The first kappa shape index (κ1) is 30.4. The highest BCUT2D eigenvalue weighted by Crippen LogP contribution is 2.31. The zero-order valence-electron chi connectivity index (χ0n) is 24.4. The van der Waals surface area contributed by atoms with Crippen molar-refractivity contribution >= 4 is 23.8 Å². The molecule has 10 heteroatoms. The molecule has 0 bridgehead atoms. The Bertz CT molecular complexity index is 1080. The molecule has 1 aromatic carbocycles. The maximum absolute atomic E-state index is 13.9. The molecule has 4 amide bonds. The lowest BCUT2D eigenvalue weighted by Crippen LogP contribution is -2.59. The van der Waals surface area contributed by atoms with Gasteiger partial charge in [0.25, 0.3) is 0 Å². The summed E-state index contributed by atoms with van der Waals surface area (Å²) in [5, 5.41) is 5.96. The minimum Gasteiger partial charge on any atom is -0.444 e. The van der Waals surface area contributed by atoms with Crippen molar-refractivity contribution in [2.45, 2.75) is 97.0 Å². The summed E-state index contributed by atoms with van der Waals surface area (Å²) >= 11 is 0. The highest BCUT2D eigenvalue weighted by atomic mass is 16.6. The molecule has 1 saturated heterocycles. The van der Waals surface area contributed by atoms with Gasteiger partial charge in [0, 0.05) is 19.6 Å². The maximum atomic E-state index is 13.9. The Hall–Kier alpha value is -3.14. The van der Waals surface area contributed by atoms with Crippen molar-refractivity contribution in [1.82, 2.24) is 20.4 Å². The number of aryl methyl sites for hydroxylation is 1. The van der Waals surface area contributed by atoms with E-state index in [4.69, 9.17) is 10.5 Å². The lowest BCUT2D eigenvalue weighted by molar-refractivity contribution is -0.144. The second-order valence-electron chi connectivity index (χ2n) is 12.9. The van der Waals surface area contributed by atoms with Gasteiger partial charge >= 0.3 is 6.09 Å². The van der Waals surface area contributed by atoms with Crippen molar-refractivity contribution in [1.29, 1.82) is 0 Å². The first-order valence-electron chi connectivity index (χ1n) is 13.7. The lowest BCUT2D eigenvalue weighted by atomic mass is 9.85. The van der Waals surface area contributed by atoms with Crippen molar-refractivity contribution < 1.29 is 23.9 Å². The summed E-state index contributed by atoms with van der Waals surface area (Å²) in [5.41, 5.74) is 7.23. The van der Waals surface area contributed by atoms with Crippen LogP contribution >= 0.6 is 0 Å². The highest BCUT2D eigenvalue weighted by molar-refractivity contribution is 5.94. The van der Waals surface area contributed by atoms with Gasteiger partial charge in [0.1, 0.15) is 24.2 Å². The molecule has 1 fully saturated rings. The van der Waals surface area contributed by atoms with E-state index in [0.29, 0.717) is 6.42 Å². The summed E-state index contributed by atoms with van der Waals surface area (Å²) in [6.45, 7) is 10.7. The van der Waals surface area contributed by atoms with Crippen molar-refractivity contribution in [2.24, 2.45) is 11.1 Å². The SMILES string of the molecule is CN(CC(=O)N[C@H](C(=O)N1C[C@@H](N)C[C@H]1C(=O)N[C@@H]1CCCc2ccccc21)C(C)(C)C)C(=O)OC(C)(C)C. The van der Waals surface area contributed by atoms with Crippen LogP contribution in [-0.4, -0.2) is 77.5 Å². The fraction of sp³-hybridized carbons (Fsp3) is 0.655. The molecule has 39 heavy (non-hydrogen) atoms. The number of nitrogens with two attached hydrogens (primary N) is 1. The summed E-state index contributed by atoms with van der Waals surface area (Å²) in [5.74, 6) is -1.10. The molecule has 2 aliphatic rings. The fourth-order valence-corrected chi connectivity index (χ4v) is 5.17. The van der Waals surface area contributed by atoms with E-state index < -0.39 is 35.1 Å². The molecule has 4 atom stereocenters. The van der Waals surface area contributed by atoms with E-state index in [1.165, 1.54) is 17.5 Å². The highest BCUT2D eigenvalue weighted by Gasteiger charge is 2.44. The van der Waals surface area contributed by atoms with Crippen molar-refractivity contribution in [3.8, 4) is 0 Å². The lowest BCUT2D eigenvalue weighted by Gasteiger charge is -2.36. The van der Waals surface area contributed by atoms with Crippen LogP contribution < -0.4 is 16.4 Å². The second-order valence-corrected chi connectivity index (χ2v) is 12.9. The fourth-order valence-electron chi connectivity index (χ4n) is 5.17. The zero-order valence-corrected chi connectivity index (χ0v) is 24.4. The molecular formula is C29H45N5O5. The van der Waals surface area contributed by atoms with E-state index in [1.54, 1.807) is 20.8 Å². The van der Waals surface area contributed by atoms with E-state index in [9.17, 15) is 19.2 Å². The molecule has 10 nitrogen and oxygen atoms in total. The monoisotopic (exact) mass is 543 g/mol. The molecule has 1 heterocycles. The van der Waals surface area contributed by atoms with Crippen LogP contribution in [0.3, 0.4) is 0 Å². The van der Waals surface area contributed by atoms with Gasteiger partial charge < -0.3 is 30.9 Å². The topological polar surface area (TPSA) is 134 Å². The number of nitrogens with zero attached hydrogens (tertiary/aromatic N) is 2. The van der Waals surface area contributed by atoms with Crippen molar-refractivity contribution in [2.75, 3.05) is 20.1 Å². The van der Waals surface area contributed by atoms with Crippen LogP contribution in [0.25, 0.3) is 0 Å². The Labute approximate surface area is 232 Å². The minimum absolute atomic E-state index is 0.113. The summed E-state index contributed by atoms with van der Waals surface area (Å²) in [6, 6.07) is 6.00. The summed E-state index contributed by atoms with van der Waals surface area (Å²) in [4.78, 5) is 55.3. The second kappa shape index (κ2) is 11.9. The molecule has 0 saturated carbocycles. The van der Waals surface area contributed by atoms with Crippen molar-refractivity contribution in [3.05, 3.63) is 35.4 Å². The third kappa shape index (κ3) is 7.94. The largest absolute Gasteiger partial charge is 0.444 e. The maximum Gasteiger partial charge on any atom is 0.410 e. The molecule has 1 aliphatic carbocycles. The third-order valence-corrected chi connectivity index (χ3v) is 7.11. The van der Waals surface area contributed by atoms with Crippen LogP contribution in [0.15, 0.2) is 24.3 Å². The quantitative estimate of drug-likeness (QED) is 0.505. The Balaban J connectivity index is 1.71. The predicted octanol–water partition coefficient (Wildman–Crippen LogP) is 2.51. The van der Waals surface area contributed by atoms with Gasteiger partial charge in [-0.25, -0.2) is 4.79 Å². The van der Waals surface area contributed by atoms with Gasteiger partial charge in [-0.2, -0.15) is 0 Å². The first-order valence-corrected chi connectivity index (χ1v) is 13.7. The summed E-state index contributed by atoms with van der Waals surface area (Å²) in [7, 11) is 1.46. The van der Waals surface area contributed by atoms with Crippen LogP contribution in [0.5, 0.6) is 0 Å². The Morgan fingerprint density at radius 1 is 1.13 bits per heavy atom. The number of fused-ring (bicyclic) bond motifs is 1. The number of rotatable bonds is 6. The molecule has 216 valence electrons. The number of amides is 4. The van der Waals surface area contributed by atoms with Crippen LogP contribution in [0.1, 0.15) is 78.0 Å². The minimum atomic E-state index is -0.923. The molecule has 1 aliphatic heterocycles. The molecular weight excluding hydrogens is 498 g/mol. The number of hydrogen-bond acceptors (Lipinski definition) is 6. The number of hydrogen-bond donors (Lipinski definition) is 3. The predicted molar refractivity (Wildman–Crippen MR) is 149 cm³/mol. The van der Waals surface area contributed by atoms with Crippen LogP contribution in [0.2, 0.25) is 0 Å². The van der Waals surface area contributed by atoms with Crippen LogP contribution in [0, 0.1) is 5.41 Å². The molecule has 4 N–H and O–H groups in total. The summed E-state index contributed by atoms with van der Waals surface area (Å²) < 4.78 is 5.31. The molecule has 1 aromatic rings. The standard InChI is InChI=1S/C29H45N5O5/c1-28(2,3)24(32-23(35)17-33(7)27(38)39-29(4,5)6)26(37)34-16-19(30)15-22(34)25(36)31-21-14-10-12-18-11-8-9-13-20(18)21/h8-9,11,13,19,21-22,24H,10,12,14-17,30H2,1-7H3,(H,31,36)(H,32,35)/t19-,21+,22-,24+/m0/s1. The number of likely N-dealkylation sites (N-methyl/N-ethyl adjacent to an activating group) is 1. The van der Waals surface area contributed by atoms with Gasteiger partial charge in [-0.05, 0) is 63.0 Å². The normalized spacial score (nSPS) is 21.9. The Morgan fingerprint density at radius 2 is 1.79 bits per heavy atom. The van der Waals surface area contributed by atoms with Gasteiger partial charge in [0.2, 0.25) is 17.7 Å². The molecule has 3 rings (SSSR count). The van der Waals surface area contributed by atoms with Gasteiger partial charge in [0.05, 0.1) is 6.04 Å². The number of nitrogens with one attached hydrogen (secondary N) is 2. The van der Waals surface area contributed by atoms with Crippen LogP contribution in [0.4, 0.5) is 4.79 Å². The molecule has 0 spiro atoms. The smallest absolute Gasteiger partial charge is 0.410 e. The van der Waals surface area contributed by atoms with E-state index in [1.807, 2.05) is 39.0 Å². The molecule has 0 unspecified atom stereocenters. The Kier molecular flexibility index (Phi) is 9.31. The Morgan fingerprint density at radius 3 is 2.44 bits per heavy atom. The average molecular weight is 544 g/mol. The first-order chi connectivity index (χ1) is 18.1. The van der Waals surface area contributed by atoms with E-state index in [-0.39, 0.29) is 37.0 Å². The van der Waals surface area contributed by atoms with Gasteiger partial charge in [-0.15, -0.1) is 0 Å². The van der Waals surface area contributed by atoms with Crippen molar-refractivity contribution in [3.63, 3.8) is 0 Å². The molecule has 0 aromatic heterocycles. The van der Waals surface area contributed by atoms with E-state index >= 15 is 0 Å². The zero-order chi connectivity index (χ0) is 29.1. The number of carbonyl (C=O) groups is 4. The van der Waals surface area contributed by atoms with Gasteiger partial charge in [0.15, 0.2) is 0 Å². The summed E-state index contributed by atoms with van der Waals surface area (Å²) in [6.07, 6.45) is 2.50. The number of carbonyl (C=O) groups excluding carboxylic acids is 4. The van der Waals surface area contributed by atoms with Crippen LogP contribution in [-0.2, 0) is 25.5 Å². The van der Waals surface area contributed by atoms with Gasteiger partial charge in [-0.3, -0.25) is 14.4 Å². The number of ether oxygens (including phenoxy) is 1. The van der Waals surface area contributed by atoms with E-state index in [0.717, 1.165) is 29.7 Å². The molecule has 0 radical (unpaired) electrons. The van der Waals surface area contributed by atoms with Gasteiger partial charge in [-0.1, -0.05) is 45.0 Å². The van der Waals surface area contributed by atoms with E-state index in [2.05, 4.69) is 16.7 Å². The number of likely N-dealkylation sites (tertiary alicyclic amines) is 1. The average Bonchev–Trinajstić information content (AvgIpc) is 3.22. The third-order valence-electron chi connectivity index (χ3n) is 7.11.